The molecule has 0 N–H and O–H groups in total. The molecule has 0 saturated carbocycles. The summed E-state index contributed by atoms with van der Waals surface area (Å²) in [6.07, 6.45) is 1.53. The number of fused-ring (bicyclic) bond motifs is 1. The van der Waals surface area contributed by atoms with Crippen LogP contribution in [0.2, 0.25) is 0 Å². The summed E-state index contributed by atoms with van der Waals surface area (Å²) < 4.78 is 5.39. The van der Waals surface area contributed by atoms with Crippen molar-refractivity contribution in [3.63, 3.8) is 0 Å². The van der Waals surface area contributed by atoms with Crippen LogP contribution in [-0.2, 0) is 0 Å². The predicted octanol–water partition coefficient (Wildman–Crippen LogP) is 4.07. The van der Waals surface area contributed by atoms with E-state index in [-0.39, 0.29) is 0 Å². The maximum Gasteiger partial charge on any atom is 0.181 e. The van der Waals surface area contributed by atoms with Gasteiger partial charge in [-0.3, -0.25) is 0 Å². The van der Waals surface area contributed by atoms with Gasteiger partial charge in [0.25, 0.3) is 0 Å². The van der Waals surface area contributed by atoms with E-state index in [0.717, 1.165) is 11.1 Å². The van der Waals surface area contributed by atoms with Crippen molar-refractivity contribution >= 4 is 11.1 Å². The van der Waals surface area contributed by atoms with Crippen LogP contribution in [0.4, 0.5) is 0 Å². The van der Waals surface area contributed by atoms with Crippen molar-refractivity contribution in [2.24, 2.45) is 0 Å². The summed E-state index contributed by atoms with van der Waals surface area (Å²) in [4.78, 5) is 4.27. The second-order valence-corrected chi connectivity index (χ2v) is 4.62. The van der Waals surface area contributed by atoms with E-state index >= 15 is 0 Å². The highest BCUT2D eigenvalue weighted by Crippen LogP contribution is 2.28. The lowest BCUT2D eigenvalue weighted by Crippen LogP contribution is -1.94. The van der Waals surface area contributed by atoms with Crippen LogP contribution < -0.4 is 0 Å². The lowest BCUT2D eigenvalue weighted by molar-refractivity contribution is 0.601. The first-order valence-corrected chi connectivity index (χ1v) is 5.46. The van der Waals surface area contributed by atoms with Crippen molar-refractivity contribution < 1.29 is 4.42 Å². The van der Waals surface area contributed by atoms with Gasteiger partial charge in [0.15, 0.2) is 12.0 Å². The summed E-state index contributed by atoms with van der Waals surface area (Å²) in [5.74, 6) is 1.01. The van der Waals surface area contributed by atoms with Crippen LogP contribution in [0.15, 0.2) is 22.9 Å². The Hall–Kier alpha value is -1.31. The molecule has 2 heteroatoms. The average Bonchev–Trinajstić information content (AvgIpc) is 2.62. The summed E-state index contributed by atoms with van der Waals surface area (Å²) in [6.45, 7) is 8.77. The zero-order valence-electron chi connectivity index (χ0n) is 9.74. The molecule has 0 amide bonds. The zero-order chi connectivity index (χ0) is 11.0. The Morgan fingerprint density at radius 1 is 1.07 bits per heavy atom. The lowest BCUT2D eigenvalue weighted by Gasteiger charge is -2.11. The zero-order valence-corrected chi connectivity index (χ0v) is 9.74. The molecule has 2 aromatic rings. The second-order valence-electron chi connectivity index (χ2n) is 4.62. The van der Waals surface area contributed by atoms with Gasteiger partial charge in [0.2, 0.25) is 0 Å². The largest absolute Gasteiger partial charge is 0.443 e. The predicted molar refractivity (Wildman–Crippen MR) is 62.2 cm³/mol. The number of nitrogens with zero attached hydrogens (tertiary/aromatic N) is 1. The van der Waals surface area contributed by atoms with Crippen LogP contribution in [0.5, 0.6) is 0 Å². The molecular weight excluding hydrogens is 186 g/mol. The van der Waals surface area contributed by atoms with Crippen molar-refractivity contribution in [2.75, 3.05) is 0 Å². The van der Waals surface area contributed by atoms with Crippen molar-refractivity contribution in [2.45, 2.75) is 39.5 Å². The van der Waals surface area contributed by atoms with Crippen molar-refractivity contribution in [1.29, 1.82) is 0 Å². The van der Waals surface area contributed by atoms with Crippen molar-refractivity contribution in [3.8, 4) is 0 Å². The first kappa shape index (κ1) is 10.2. The third-order valence-corrected chi connectivity index (χ3v) is 2.78. The number of hydrogen-bond donors (Lipinski definition) is 0. The van der Waals surface area contributed by atoms with E-state index in [9.17, 15) is 0 Å². The average molecular weight is 203 g/mol. The molecule has 0 bridgehead atoms. The van der Waals surface area contributed by atoms with E-state index in [1.807, 2.05) is 0 Å². The molecule has 0 fully saturated rings. The Kier molecular flexibility index (Phi) is 2.51. The van der Waals surface area contributed by atoms with Crippen LogP contribution >= 0.6 is 0 Å². The van der Waals surface area contributed by atoms with E-state index < -0.39 is 0 Å². The van der Waals surface area contributed by atoms with Crippen LogP contribution in [0.25, 0.3) is 11.1 Å². The molecule has 0 saturated heterocycles. The number of hydrogen-bond acceptors (Lipinski definition) is 2. The number of aromatic nitrogens is 1. The van der Waals surface area contributed by atoms with Crippen molar-refractivity contribution in [1.82, 2.24) is 4.98 Å². The molecule has 0 aliphatic carbocycles. The van der Waals surface area contributed by atoms with Gasteiger partial charge in [-0.05, 0) is 29.0 Å². The monoisotopic (exact) mass is 203 g/mol. The Bertz CT molecular complexity index is 468. The van der Waals surface area contributed by atoms with Crippen LogP contribution in [0.3, 0.4) is 0 Å². The molecule has 0 spiro atoms. The van der Waals surface area contributed by atoms with Gasteiger partial charge in [-0.25, -0.2) is 4.98 Å². The first-order valence-electron chi connectivity index (χ1n) is 5.46. The first-order chi connectivity index (χ1) is 7.09. The van der Waals surface area contributed by atoms with E-state index in [0.29, 0.717) is 11.8 Å². The molecule has 2 nitrogen and oxygen atoms in total. The molecule has 0 unspecified atom stereocenters. The topological polar surface area (TPSA) is 26.0 Å². The second kappa shape index (κ2) is 3.69. The molecule has 2 rings (SSSR count). The van der Waals surface area contributed by atoms with Gasteiger partial charge in [-0.1, -0.05) is 33.8 Å². The molecule has 15 heavy (non-hydrogen) atoms. The third kappa shape index (κ3) is 1.76. The number of oxazole rings is 1. The van der Waals surface area contributed by atoms with E-state index in [2.05, 4.69) is 44.8 Å². The van der Waals surface area contributed by atoms with Gasteiger partial charge in [0, 0.05) is 0 Å². The van der Waals surface area contributed by atoms with E-state index in [1.165, 1.54) is 17.5 Å². The molecule has 0 radical (unpaired) electrons. The summed E-state index contributed by atoms with van der Waals surface area (Å²) in [5.41, 5.74) is 4.52. The van der Waals surface area contributed by atoms with Gasteiger partial charge < -0.3 is 4.42 Å². The molecule has 1 aromatic carbocycles. The normalized spacial score (nSPS) is 11.9. The number of benzene rings is 1. The maximum atomic E-state index is 5.39. The van der Waals surface area contributed by atoms with E-state index in [1.54, 1.807) is 0 Å². The van der Waals surface area contributed by atoms with Gasteiger partial charge in [-0.15, -0.1) is 0 Å². The summed E-state index contributed by atoms with van der Waals surface area (Å²) >= 11 is 0. The Balaban J connectivity index is 2.69. The fourth-order valence-electron chi connectivity index (χ4n) is 1.79. The molecule has 0 aliphatic rings. The van der Waals surface area contributed by atoms with Crippen molar-refractivity contribution in [3.05, 3.63) is 29.7 Å². The molecule has 80 valence electrons. The summed E-state index contributed by atoms with van der Waals surface area (Å²) in [6, 6.07) is 4.35. The molecular formula is C13H17NO. The summed E-state index contributed by atoms with van der Waals surface area (Å²) in [5, 5.41) is 0. The smallest absolute Gasteiger partial charge is 0.181 e. The number of rotatable bonds is 2. The third-order valence-electron chi connectivity index (χ3n) is 2.78. The molecule has 0 atom stereocenters. The highest BCUT2D eigenvalue weighted by molar-refractivity contribution is 5.78. The maximum absolute atomic E-state index is 5.39. The van der Waals surface area contributed by atoms with Crippen LogP contribution in [0, 0.1) is 0 Å². The van der Waals surface area contributed by atoms with Gasteiger partial charge in [0.05, 0.1) is 0 Å². The van der Waals surface area contributed by atoms with Gasteiger partial charge >= 0.3 is 0 Å². The fraction of sp³-hybridized carbons (Fsp3) is 0.462. The molecule has 1 aromatic heterocycles. The standard InChI is InChI=1S/C13H17NO/c1-8(2)10-5-11(9(3)4)13-12(6-10)15-7-14-13/h5-9H,1-4H3. The van der Waals surface area contributed by atoms with Gasteiger partial charge in [0.1, 0.15) is 5.52 Å². The van der Waals surface area contributed by atoms with Crippen LogP contribution in [-0.4, -0.2) is 4.98 Å². The minimum Gasteiger partial charge on any atom is -0.443 e. The van der Waals surface area contributed by atoms with Crippen LogP contribution in [0.1, 0.15) is 50.7 Å². The Morgan fingerprint density at radius 2 is 1.80 bits per heavy atom. The summed E-state index contributed by atoms with van der Waals surface area (Å²) in [7, 11) is 0. The van der Waals surface area contributed by atoms with E-state index in [4.69, 9.17) is 4.42 Å². The lowest BCUT2D eigenvalue weighted by atomic mass is 9.94. The molecule has 0 aliphatic heterocycles. The SMILES string of the molecule is CC(C)c1cc(C(C)C)c2ncoc2c1. The highest BCUT2D eigenvalue weighted by Gasteiger charge is 2.12. The quantitative estimate of drug-likeness (QED) is 0.735. The minimum atomic E-state index is 0.483. The minimum absolute atomic E-state index is 0.483. The highest BCUT2D eigenvalue weighted by atomic mass is 16.3. The fourth-order valence-corrected chi connectivity index (χ4v) is 1.79. The Morgan fingerprint density at radius 3 is 2.40 bits per heavy atom. The Labute approximate surface area is 90.3 Å². The van der Waals surface area contributed by atoms with Gasteiger partial charge in [-0.2, -0.15) is 0 Å². The molecule has 1 heterocycles.